The number of ether oxygens (including phenoxy) is 1. The van der Waals surface area contributed by atoms with Crippen molar-refractivity contribution in [2.45, 2.75) is 117 Å². The SMILES string of the molecule is CC(C)C(C)/C=C/[C@@H](C)[C@H]1CCC23CC24C(CC[C@]13C)[C@@]1(C)CC[C@H](O)C[C@]12O[C@H]2[C@@H]4O. The van der Waals surface area contributed by atoms with E-state index in [1.807, 2.05) is 0 Å². The van der Waals surface area contributed by atoms with E-state index in [1.165, 1.54) is 32.1 Å². The molecule has 5 aliphatic carbocycles. The van der Waals surface area contributed by atoms with Gasteiger partial charge in [-0.05, 0) is 85.4 Å². The molecule has 6 rings (SSSR count). The zero-order chi connectivity index (χ0) is 22.9. The maximum Gasteiger partial charge on any atom is 0.114 e. The smallest absolute Gasteiger partial charge is 0.114 e. The zero-order valence-electron chi connectivity index (χ0n) is 21.2. The van der Waals surface area contributed by atoms with Crippen LogP contribution < -0.4 is 0 Å². The molecule has 6 aliphatic rings. The molecule has 180 valence electrons. The quantitative estimate of drug-likeness (QED) is 0.431. The Bertz CT molecular complexity index is 836. The summed E-state index contributed by atoms with van der Waals surface area (Å²) in [4.78, 5) is 0. The van der Waals surface area contributed by atoms with Crippen LogP contribution in [0.3, 0.4) is 0 Å². The second kappa shape index (κ2) is 6.43. The van der Waals surface area contributed by atoms with Crippen LogP contribution in [0, 0.1) is 51.2 Å². The highest BCUT2D eigenvalue weighted by molar-refractivity contribution is 5.40. The molecular weight excluding hydrogens is 396 g/mol. The molecule has 4 unspecified atom stereocenters. The van der Waals surface area contributed by atoms with Crippen molar-refractivity contribution in [2.75, 3.05) is 0 Å². The Morgan fingerprint density at radius 1 is 0.906 bits per heavy atom. The average Bonchev–Trinajstić information content (AvgIpc) is 3.60. The standard InChI is InChI=1S/C29H46O3/c1-17(2)18(3)7-8-19(4)21-10-14-27-16-28(27)22(11-13-25(21,27)5)26(6)12-9-20(30)15-29(26)24(32-29)23(28)31/h7-8,17-24,30-31H,9-16H2,1-6H3/b8-7+/t18?,19-,20+,21-,22?,23+,24+,25-,26-,27?,28?,29-/m1/s1. The van der Waals surface area contributed by atoms with E-state index in [-0.39, 0.29) is 34.7 Å². The van der Waals surface area contributed by atoms with Crippen molar-refractivity contribution in [1.29, 1.82) is 0 Å². The van der Waals surface area contributed by atoms with Crippen LogP contribution in [0.2, 0.25) is 0 Å². The predicted octanol–water partition coefficient (Wildman–Crippen LogP) is 5.74. The molecule has 5 saturated carbocycles. The molecule has 1 aliphatic heterocycles. The number of fused-ring (bicyclic) bond motifs is 1. The lowest BCUT2D eigenvalue weighted by molar-refractivity contribution is -0.152. The van der Waals surface area contributed by atoms with E-state index in [9.17, 15) is 10.2 Å². The molecule has 0 aromatic rings. The van der Waals surface area contributed by atoms with E-state index in [0.717, 1.165) is 25.2 Å². The summed E-state index contributed by atoms with van der Waals surface area (Å²) >= 11 is 0. The lowest BCUT2D eigenvalue weighted by Crippen LogP contribution is -2.63. The summed E-state index contributed by atoms with van der Waals surface area (Å²) in [7, 11) is 0. The number of hydrogen-bond donors (Lipinski definition) is 2. The first-order valence-electron chi connectivity index (χ1n) is 13.7. The van der Waals surface area contributed by atoms with Crippen LogP contribution in [0.15, 0.2) is 12.2 Å². The van der Waals surface area contributed by atoms with Gasteiger partial charge in [0, 0.05) is 17.3 Å². The van der Waals surface area contributed by atoms with E-state index >= 15 is 0 Å². The molecule has 0 radical (unpaired) electrons. The molecule has 0 aromatic heterocycles. The minimum absolute atomic E-state index is 0.0383. The molecule has 0 aromatic carbocycles. The van der Waals surface area contributed by atoms with Gasteiger partial charge in [-0.15, -0.1) is 0 Å². The number of epoxide rings is 1. The van der Waals surface area contributed by atoms with Crippen molar-refractivity contribution in [1.82, 2.24) is 0 Å². The first kappa shape index (κ1) is 22.1. The van der Waals surface area contributed by atoms with Crippen molar-refractivity contribution < 1.29 is 14.9 Å². The second-order valence-electron chi connectivity index (χ2n) is 14.0. The molecule has 3 spiro atoms. The molecule has 12 atom stereocenters. The van der Waals surface area contributed by atoms with Crippen LogP contribution in [0.1, 0.15) is 92.9 Å². The molecule has 6 fully saturated rings. The van der Waals surface area contributed by atoms with Crippen LogP contribution in [-0.2, 0) is 4.74 Å². The summed E-state index contributed by atoms with van der Waals surface area (Å²) in [5.74, 6) is 3.20. The van der Waals surface area contributed by atoms with Crippen LogP contribution in [0.4, 0.5) is 0 Å². The summed E-state index contributed by atoms with van der Waals surface area (Å²) in [5, 5.41) is 22.3. The van der Waals surface area contributed by atoms with Gasteiger partial charge >= 0.3 is 0 Å². The van der Waals surface area contributed by atoms with Crippen molar-refractivity contribution in [3.05, 3.63) is 12.2 Å². The van der Waals surface area contributed by atoms with Crippen LogP contribution in [0.25, 0.3) is 0 Å². The maximum atomic E-state index is 11.8. The topological polar surface area (TPSA) is 53.0 Å². The van der Waals surface area contributed by atoms with Crippen molar-refractivity contribution in [3.8, 4) is 0 Å². The largest absolute Gasteiger partial charge is 0.393 e. The van der Waals surface area contributed by atoms with E-state index in [2.05, 4.69) is 53.7 Å². The van der Waals surface area contributed by atoms with Crippen LogP contribution in [0.5, 0.6) is 0 Å². The Hall–Kier alpha value is -0.380. The Kier molecular flexibility index (Phi) is 4.44. The fourth-order valence-corrected chi connectivity index (χ4v) is 10.7. The Morgan fingerprint density at radius 2 is 1.62 bits per heavy atom. The van der Waals surface area contributed by atoms with Gasteiger partial charge in [0.15, 0.2) is 0 Å². The number of allylic oxidation sites excluding steroid dienone is 2. The molecule has 32 heavy (non-hydrogen) atoms. The van der Waals surface area contributed by atoms with Gasteiger partial charge in [-0.1, -0.05) is 53.7 Å². The summed E-state index contributed by atoms with van der Waals surface area (Å²) in [6.45, 7) is 14.5. The van der Waals surface area contributed by atoms with Gasteiger partial charge in [-0.3, -0.25) is 0 Å². The number of hydrogen-bond acceptors (Lipinski definition) is 3. The summed E-state index contributed by atoms with van der Waals surface area (Å²) < 4.78 is 6.46. The third-order valence-electron chi connectivity index (χ3n) is 13.0. The minimum atomic E-state index is -0.337. The molecule has 2 N–H and O–H groups in total. The highest BCUT2D eigenvalue weighted by Gasteiger charge is 2.92. The first-order chi connectivity index (χ1) is 15.0. The highest BCUT2D eigenvalue weighted by Crippen LogP contribution is 2.92. The average molecular weight is 443 g/mol. The normalized spacial score (nSPS) is 59.6. The molecule has 1 heterocycles. The lowest BCUT2D eigenvalue weighted by Gasteiger charge is -2.60. The number of aliphatic hydroxyl groups excluding tert-OH is 2. The van der Waals surface area contributed by atoms with Gasteiger partial charge in [0.25, 0.3) is 0 Å². The molecular formula is C29H46O3. The van der Waals surface area contributed by atoms with Crippen molar-refractivity contribution in [3.63, 3.8) is 0 Å². The maximum absolute atomic E-state index is 11.8. The Balaban J connectivity index is 1.32. The number of aliphatic hydroxyl groups is 2. The lowest BCUT2D eigenvalue weighted by atomic mass is 9.43. The van der Waals surface area contributed by atoms with Gasteiger partial charge < -0.3 is 14.9 Å². The van der Waals surface area contributed by atoms with Gasteiger partial charge in [0.1, 0.15) is 11.7 Å². The summed E-state index contributed by atoms with van der Waals surface area (Å²) in [6, 6.07) is 0. The van der Waals surface area contributed by atoms with E-state index in [4.69, 9.17) is 4.74 Å². The second-order valence-corrected chi connectivity index (χ2v) is 14.0. The van der Waals surface area contributed by atoms with Crippen LogP contribution in [-0.4, -0.2) is 34.1 Å². The fourth-order valence-electron chi connectivity index (χ4n) is 10.7. The van der Waals surface area contributed by atoms with Crippen LogP contribution >= 0.6 is 0 Å². The fraction of sp³-hybridized carbons (Fsp3) is 0.931. The summed E-state index contributed by atoms with van der Waals surface area (Å²) in [5.41, 5.74) is 0.561. The van der Waals surface area contributed by atoms with Gasteiger partial charge in [-0.25, -0.2) is 0 Å². The van der Waals surface area contributed by atoms with Gasteiger partial charge in [-0.2, -0.15) is 0 Å². The third kappa shape index (κ3) is 2.26. The first-order valence-corrected chi connectivity index (χ1v) is 13.7. The zero-order valence-corrected chi connectivity index (χ0v) is 21.2. The van der Waals surface area contributed by atoms with E-state index in [1.54, 1.807) is 0 Å². The Morgan fingerprint density at radius 3 is 2.34 bits per heavy atom. The third-order valence-corrected chi connectivity index (χ3v) is 13.0. The molecule has 1 saturated heterocycles. The van der Waals surface area contributed by atoms with Gasteiger partial charge in [0.05, 0.1) is 12.2 Å². The van der Waals surface area contributed by atoms with Crippen molar-refractivity contribution in [2.24, 2.45) is 51.2 Å². The number of rotatable bonds is 4. The summed E-state index contributed by atoms with van der Waals surface area (Å²) in [6.07, 6.45) is 13.4. The van der Waals surface area contributed by atoms with E-state index < -0.39 is 0 Å². The molecule has 3 nitrogen and oxygen atoms in total. The Labute approximate surface area is 195 Å². The van der Waals surface area contributed by atoms with Gasteiger partial charge in [0.2, 0.25) is 0 Å². The minimum Gasteiger partial charge on any atom is -0.393 e. The molecule has 0 amide bonds. The van der Waals surface area contributed by atoms with Crippen molar-refractivity contribution >= 4 is 0 Å². The monoisotopic (exact) mass is 442 g/mol. The van der Waals surface area contributed by atoms with E-state index in [0.29, 0.717) is 34.5 Å². The highest BCUT2D eigenvalue weighted by atomic mass is 16.6. The molecule has 0 bridgehead atoms. The molecule has 3 heteroatoms. The predicted molar refractivity (Wildman–Crippen MR) is 127 cm³/mol.